The molecule has 0 N–H and O–H groups in total. The van der Waals surface area contributed by atoms with Crippen molar-refractivity contribution >= 4 is 34.2 Å². The second-order valence-corrected chi connectivity index (χ2v) is 7.56. The third-order valence-electron chi connectivity index (χ3n) is 5.50. The molecule has 0 saturated carbocycles. The Labute approximate surface area is 175 Å². The van der Waals surface area contributed by atoms with Crippen LogP contribution >= 0.6 is 11.6 Å². The Kier molecular flexibility index (Phi) is 5.49. The zero-order valence-corrected chi connectivity index (χ0v) is 17.1. The topological polar surface area (TPSA) is 49.3 Å². The summed E-state index contributed by atoms with van der Waals surface area (Å²) in [6.07, 6.45) is 3.86. The van der Waals surface area contributed by atoms with Crippen LogP contribution in [-0.2, 0) is 4.79 Å². The predicted octanol–water partition coefficient (Wildman–Crippen LogP) is 4.56. The molecule has 4 rings (SSSR count). The fraction of sp³-hybridized carbons (Fsp3) is 0.261. The predicted molar refractivity (Wildman–Crippen MR) is 118 cm³/mol. The maximum atomic E-state index is 12.2. The Morgan fingerprint density at radius 1 is 1.24 bits per heavy atom. The second-order valence-electron chi connectivity index (χ2n) is 7.16. The lowest BCUT2D eigenvalue weighted by atomic mass is 10.0. The average Bonchev–Trinajstić information content (AvgIpc) is 2.78. The third-order valence-corrected chi connectivity index (χ3v) is 5.81. The second kappa shape index (κ2) is 8.21. The maximum absolute atomic E-state index is 12.2. The van der Waals surface area contributed by atoms with Crippen LogP contribution in [0.3, 0.4) is 0 Å². The van der Waals surface area contributed by atoms with Crippen LogP contribution < -0.4 is 4.90 Å². The van der Waals surface area contributed by atoms with E-state index in [2.05, 4.69) is 28.4 Å². The molecule has 3 aromatic rings. The molecule has 1 aromatic heterocycles. The molecule has 1 atom stereocenters. The van der Waals surface area contributed by atoms with E-state index in [9.17, 15) is 4.79 Å². The molecule has 148 valence electrons. The smallest absolute Gasteiger partial charge is 0.246 e. The monoisotopic (exact) mass is 406 g/mol. The Morgan fingerprint density at radius 2 is 2.03 bits per heavy atom. The molecule has 0 aliphatic carbocycles. The van der Waals surface area contributed by atoms with E-state index >= 15 is 0 Å². The van der Waals surface area contributed by atoms with Crippen molar-refractivity contribution in [1.82, 2.24) is 14.9 Å². The summed E-state index contributed by atoms with van der Waals surface area (Å²) < 4.78 is 0. The lowest BCUT2D eigenvalue weighted by Gasteiger charge is -2.41. The number of carbonyl (C=O) groups excluding carboxylic acids is 1. The quantitative estimate of drug-likeness (QED) is 0.596. The first kappa shape index (κ1) is 19.4. The SMILES string of the molecule is C=CC(=O)N1CCN(c2ncnc3cc(-c4ccccc4)c(Cl)cc23)CC1CC. The van der Waals surface area contributed by atoms with E-state index in [0.29, 0.717) is 18.1 Å². The number of fused-ring (bicyclic) bond motifs is 1. The van der Waals surface area contributed by atoms with E-state index in [4.69, 9.17) is 11.6 Å². The molecule has 1 amide bonds. The van der Waals surface area contributed by atoms with Crippen LogP contribution in [0, 0.1) is 0 Å². The summed E-state index contributed by atoms with van der Waals surface area (Å²) in [6.45, 7) is 7.80. The van der Waals surface area contributed by atoms with E-state index < -0.39 is 0 Å². The number of amides is 1. The first-order valence-corrected chi connectivity index (χ1v) is 10.2. The van der Waals surface area contributed by atoms with Gasteiger partial charge >= 0.3 is 0 Å². The number of hydrogen-bond acceptors (Lipinski definition) is 4. The summed E-state index contributed by atoms with van der Waals surface area (Å²) in [5.74, 6) is 0.847. The molecule has 6 heteroatoms. The molecule has 0 bridgehead atoms. The first-order valence-electron chi connectivity index (χ1n) is 9.80. The van der Waals surface area contributed by atoms with Crippen molar-refractivity contribution in [1.29, 1.82) is 0 Å². The molecule has 2 aromatic carbocycles. The average molecular weight is 407 g/mol. The highest BCUT2D eigenvalue weighted by molar-refractivity contribution is 6.34. The highest BCUT2D eigenvalue weighted by Gasteiger charge is 2.29. The van der Waals surface area contributed by atoms with Gasteiger partial charge in [-0.3, -0.25) is 4.79 Å². The molecule has 0 spiro atoms. The van der Waals surface area contributed by atoms with Gasteiger partial charge in [-0.15, -0.1) is 0 Å². The molecule has 1 saturated heterocycles. The van der Waals surface area contributed by atoms with E-state index in [0.717, 1.165) is 40.8 Å². The Bertz CT molecular complexity index is 1050. The van der Waals surface area contributed by atoms with Crippen LogP contribution in [0.1, 0.15) is 13.3 Å². The number of benzene rings is 2. The van der Waals surface area contributed by atoms with Gasteiger partial charge in [-0.1, -0.05) is 55.4 Å². The van der Waals surface area contributed by atoms with Crippen molar-refractivity contribution in [2.75, 3.05) is 24.5 Å². The lowest BCUT2D eigenvalue weighted by Crippen LogP contribution is -2.55. The fourth-order valence-electron chi connectivity index (χ4n) is 3.96. The van der Waals surface area contributed by atoms with Crippen LogP contribution in [0.15, 0.2) is 61.4 Å². The van der Waals surface area contributed by atoms with Gasteiger partial charge in [-0.2, -0.15) is 0 Å². The van der Waals surface area contributed by atoms with E-state index in [1.807, 2.05) is 47.4 Å². The highest BCUT2D eigenvalue weighted by atomic mass is 35.5. The summed E-state index contributed by atoms with van der Waals surface area (Å²) in [6, 6.07) is 14.2. The summed E-state index contributed by atoms with van der Waals surface area (Å²) in [4.78, 5) is 25.3. The summed E-state index contributed by atoms with van der Waals surface area (Å²) in [7, 11) is 0. The molecule has 29 heavy (non-hydrogen) atoms. The molecule has 1 unspecified atom stereocenters. The highest BCUT2D eigenvalue weighted by Crippen LogP contribution is 2.35. The number of carbonyl (C=O) groups is 1. The zero-order valence-electron chi connectivity index (χ0n) is 16.4. The molecule has 1 fully saturated rings. The molecular weight excluding hydrogens is 384 g/mol. The number of nitrogens with zero attached hydrogens (tertiary/aromatic N) is 4. The van der Waals surface area contributed by atoms with Gasteiger partial charge in [0.05, 0.1) is 5.52 Å². The van der Waals surface area contributed by atoms with Crippen molar-refractivity contribution in [3.8, 4) is 11.1 Å². The molecule has 0 radical (unpaired) electrons. The van der Waals surface area contributed by atoms with Crippen LogP contribution in [0.2, 0.25) is 5.02 Å². The van der Waals surface area contributed by atoms with Crippen LogP contribution in [-0.4, -0.2) is 46.5 Å². The van der Waals surface area contributed by atoms with Crippen molar-refractivity contribution < 1.29 is 4.79 Å². The number of anilines is 1. The van der Waals surface area contributed by atoms with Gasteiger partial charge in [-0.05, 0) is 30.2 Å². The van der Waals surface area contributed by atoms with Crippen molar-refractivity contribution in [2.24, 2.45) is 0 Å². The van der Waals surface area contributed by atoms with Gasteiger partial charge in [0, 0.05) is 41.6 Å². The lowest BCUT2D eigenvalue weighted by molar-refractivity contribution is -0.128. The molecule has 2 heterocycles. The summed E-state index contributed by atoms with van der Waals surface area (Å²) in [5.41, 5.74) is 2.87. The number of rotatable bonds is 4. The van der Waals surface area contributed by atoms with Crippen LogP contribution in [0.25, 0.3) is 22.0 Å². The van der Waals surface area contributed by atoms with E-state index in [-0.39, 0.29) is 11.9 Å². The van der Waals surface area contributed by atoms with Gasteiger partial charge in [-0.25, -0.2) is 9.97 Å². The van der Waals surface area contributed by atoms with Crippen LogP contribution in [0.5, 0.6) is 0 Å². The van der Waals surface area contributed by atoms with Crippen molar-refractivity contribution in [2.45, 2.75) is 19.4 Å². The summed E-state index contributed by atoms with van der Waals surface area (Å²) >= 11 is 6.65. The number of piperazine rings is 1. The fourth-order valence-corrected chi connectivity index (χ4v) is 4.23. The van der Waals surface area contributed by atoms with Gasteiger partial charge in [0.1, 0.15) is 12.1 Å². The molecule has 1 aliphatic rings. The number of aromatic nitrogens is 2. The van der Waals surface area contributed by atoms with Gasteiger partial charge < -0.3 is 9.80 Å². The Hall–Kier alpha value is -2.92. The maximum Gasteiger partial charge on any atom is 0.246 e. The minimum Gasteiger partial charge on any atom is -0.352 e. The number of halogens is 1. The van der Waals surface area contributed by atoms with E-state index in [1.54, 1.807) is 6.33 Å². The molecule has 5 nitrogen and oxygen atoms in total. The Balaban J connectivity index is 1.71. The van der Waals surface area contributed by atoms with Crippen molar-refractivity contribution in [3.05, 3.63) is 66.5 Å². The molecule has 1 aliphatic heterocycles. The minimum atomic E-state index is -0.0143. The van der Waals surface area contributed by atoms with Crippen LogP contribution in [0.4, 0.5) is 5.82 Å². The Morgan fingerprint density at radius 3 is 2.76 bits per heavy atom. The van der Waals surface area contributed by atoms with Gasteiger partial charge in [0.15, 0.2) is 0 Å². The minimum absolute atomic E-state index is 0.0143. The van der Waals surface area contributed by atoms with Crippen molar-refractivity contribution in [3.63, 3.8) is 0 Å². The zero-order chi connectivity index (χ0) is 20.4. The van der Waals surface area contributed by atoms with Gasteiger partial charge in [0.2, 0.25) is 5.91 Å². The normalized spacial score (nSPS) is 16.8. The molecular formula is C23H23ClN4O. The first-order chi connectivity index (χ1) is 14.1. The largest absolute Gasteiger partial charge is 0.352 e. The standard InChI is InChI=1S/C23H23ClN4O/c1-3-17-14-27(10-11-28(17)22(29)4-2)23-19-12-20(24)18(13-21(19)25-15-26-23)16-8-6-5-7-9-16/h4-9,12-13,15,17H,2-3,10-11,14H2,1H3. The van der Waals surface area contributed by atoms with E-state index in [1.165, 1.54) is 6.08 Å². The number of hydrogen-bond donors (Lipinski definition) is 0. The van der Waals surface area contributed by atoms with Gasteiger partial charge in [0.25, 0.3) is 0 Å². The summed E-state index contributed by atoms with van der Waals surface area (Å²) in [5, 5.41) is 1.60. The third kappa shape index (κ3) is 3.70.